The van der Waals surface area contributed by atoms with Crippen LogP contribution in [-0.2, 0) is 6.61 Å². The van der Waals surface area contributed by atoms with Gasteiger partial charge in [-0.3, -0.25) is 4.79 Å². The maximum atomic E-state index is 10.8. The molecule has 2 aromatic carbocycles. The van der Waals surface area contributed by atoms with Crippen molar-refractivity contribution >= 4 is 5.78 Å². The predicted octanol–water partition coefficient (Wildman–Crippen LogP) is 3.78. The number of Topliss-reactive ketones (excluding diaryl/α,β-unsaturated/α-hetero) is 1. The Kier molecular flexibility index (Phi) is 3.78. The van der Waals surface area contributed by atoms with Crippen molar-refractivity contribution in [1.82, 2.24) is 0 Å². The minimum absolute atomic E-state index is 0.128. The summed E-state index contributed by atoms with van der Waals surface area (Å²) < 4.78 is 5.18. The fraction of sp³-hybridized carbons (Fsp3) is 0.188. The zero-order valence-electron chi connectivity index (χ0n) is 10.6. The third-order valence-electron chi connectivity index (χ3n) is 2.75. The molecule has 2 aliphatic rings. The summed E-state index contributed by atoms with van der Waals surface area (Å²) in [6, 6.07) is 15.7. The van der Waals surface area contributed by atoms with Crippen LogP contribution in [0.15, 0.2) is 48.5 Å². The Morgan fingerprint density at radius 1 is 1.11 bits per heavy atom. The van der Waals surface area contributed by atoms with Crippen molar-refractivity contribution in [3.8, 4) is 5.75 Å². The normalized spacial score (nSPS) is 11.2. The number of carbonyl (C=O) groups is 1. The highest BCUT2D eigenvalue weighted by Crippen LogP contribution is 2.19. The molecule has 0 aromatic heterocycles. The highest BCUT2D eigenvalue weighted by atomic mass is 16.5. The van der Waals surface area contributed by atoms with Crippen molar-refractivity contribution in [2.45, 2.75) is 20.5 Å². The van der Waals surface area contributed by atoms with Crippen molar-refractivity contribution in [2.24, 2.45) is 0 Å². The molecule has 0 amide bonds. The number of ketones is 1. The number of rotatable bonds is 1. The quantitative estimate of drug-likeness (QED) is 0.709. The summed E-state index contributed by atoms with van der Waals surface area (Å²) in [6.07, 6.45) is 0. The maximum Gasteiger partial charge on any atom is 0.159 e. The summed E-state index contributed by atoms with van der Waals surface area (Å²) in [5.74, 6) is 1.11. The number of hydrogen-bond acceptors (Lipinski definition) is 2. The molecule has 0 N–H and O–H groups in total. The largest absolute Gasteiger partial charge is 0.489 e. The van der Waals surface area contributed by atoms with Crippen LogP contribution in [0.1, 0.15) is 28.4 Å². The number of carbonyl (C=O) groups excluding carboxylic acids is 1. The second-order valence-corrected chi connectivity index (χ2v) is 4.36. The SMILES string of the molecule is CC(=O)c1cccc(C)c1.c1cc2ccc1CO2. The second-order valence-electron chi connectivity index (χ2n) is 4.36. The van der Waals surface area contributed by atoms with E-state index in [1.165, 1.54) is 5.56 Å². The third-order valence-corrected chi connectivity index (χ3v) is 2.75. The molecule has 18 heavy (non-hydrogen) atoms. The van der Waals surface area contributed by atoms with Gasteiger partial charge in [-0.2, -0.15) is 0 Å². The lowest BCUT2D eigenvalue weighted by Gasteiger charge is -2.11. The Balaban J connectivity index is 0.000000136. The van der Waals surface area contributed by atoms with E-state index in [-0.39, 0.29) is 5.78 Å². The van der Waals surface area contributed by atoms with E-state index in [1.54, 1.807) is 6.92 Å². The molecule has 0 spiro atoms. The minimum atomic E-state index is 0.128. The number of benzene rings is 2. The molecule has 0 aliphatic carbocycles. The topological polar surface area (TPSA) is 26.3 Å². The van der Waals surface area contributed by atoms with Gasteiger partial charge < -0.3 is 4.74 Å². The van der Waals surface area contributed by atoms with E-state index >= 15 is 0 Å². The van der Waals surface area contributed by atoms with E-state index in [0.29, 0.717) is 0 Å². The van der Waals surface area contributed by atoms with Gasteiger partial charge >= 0.3 is 0 Å². The second kappa shape index (κ2) is 5.50. The third kappa shape index (κ3) is 3.20. The monoisotopic (exact) mass is 240 g/mol. The van der Waals surface area contributed by atoms with Gasteiger partial charge in [0.05, 0.1) is 0 Å². The van der Waals surface area contributed by atoms with Gasteiger partial charge in [-0.05, 0) is 37.6 Å². The van der Waals surface area contributed by atoms with Gasteiger partial charge in [-0.25, -0.2) is 0 Å². The molecular weight excluding hydrogens is 224 g/mol. The molecule has 0 unspecified atom stereocenters. The van der Waals surface area contributed by atoms with E-state index in [2.05, 4.69) is 12.1 Å². The summed E-state index contributed by atoms with van der Waals surface area (Å²) in [4.78, 5) is 10.8. The Morgan fingerprint density at radius 2 is 1.83 bits per heavy atom. The van der Waals surface area contributed by atoms with Crippen molar-refractivity contribution in [1.29, 1.82) is 0 Å². The van der Waals surface area contributed by atoms with E-state index in [1.807, 2.05) is 43.3 Å². The fourth-order valence-electron chi connectivity index (χ4n) is 1.71. The Bertz CT molecular complexity index is 518. The van der Waals surface area contributed by atoms with E-state index in [4.69, 9.17) is 4.74 Å². The molecule has 0 radical (unpaired) electrons. The van der Waals surface area contributed by atoms with Crippen LogP contribution in [0.3, 0.4) is 0 Å². The highest BCUT2D eigenvalue weighted by Gasteiger charge is 2.01. The van der Waals surface area contributed by atoms with E-state index in [0.717, 1.165) is 23.5 Å². The summed E-state index contributed by atoms with van der Waals surface area (Å²) in [7, 11) is 0. The van der Waals surface area contributed by atoms with Crippen molar-refractivity contribution in [3.05, 3.63) is 65.2 Å². The first kappa shape index (κ1) is 12.4. The van der Waals surface area contributed by atoms with Gasteiger partial charge in [0, 0.05) is 5.56 Å². The number of ether oxygens (including phenoxy) is 1. The zero-order valence-corrected chi connectivity index (χ0v) is 10.6. The Labute approximate surface area is 107 Å². The summed E-state index contributed by atoms with van der Waals surface area (Å²) >= 11 is 0. The first-order valence-electron chi connectivity index (χ1n) is 5.94. The first-order valence-corrected chi connectivity index (χ1v) is 5.94. The van der Waals surface area contributed by atoms with Crippen LogP contribution in [0.4, 0.5) is 0 Å². The molecular formula is C16H16O2. The van der Waals surface area contributed by atoms with Gasteiger partial charge in [0.2, 0.25) is 0 Å². The summed E-state index contributed by atoms with van der Waals surface area (Å²) in [6.45, 7) is 4.32. The van der Waals surface area contributed by atoms with Crippen LogP contribution in [-0.4, -0.2) is 5.78 Å². The van der Waals surface area contributed by atoms with Gasteiger partial charge in [0.1, 0.15) is 12.4 Å². The lowest BCUT2D eigenvalue weighted by molar-refractivity contribution is 0.101. The van der Waals surface area contributed by atoms with E-state index in [9.17, 15) is 4.79 Å². The van der Waals surface area contributed by atoms with Crippen LogP contribution < -0.4 is 4.74 Å². The molecule has 0 fully saturated rings. The number of fused-ring (bicyclic) bond motifs is 3. The Morgan fingerprint density at radius 3 is 2.11 bits per heavy atom. The number of hydrogen-bond donors (Lipinski definition) is 0. The first-order chi connectivity index (χ1) is 8.65. The van der Waals surface area contributed by atoms with Crippen LogP contribution in [0, 0.1) is 6.92 Å². The molecule has 2 heterocycles. The highest BCUT2D eigenvalue weighted by molar-refractivity contribution is 5.94. The lowest BCUT2D eigenvalue weighted by atomic mass is 10.1. The summed E-state index contributed by atoms with van der Waals surface area (Å²) in [5, 5.41) is 0. The van der Waals surface area contributed by atoms with Gasteiger partial charge in [-0.15, -0.1) is 0 Å². The summed E-state index contributed by atoms with van der Waals surface area (Å²) in [5.41, 5.74) is 3.19. The van der Waals surface area contributed by atoms with Crippen molar-refractivity contribution in [2.75, 3.05) is 0 Å². The smallest absolute Gasteiger partial charge is 0.159 e. The van der Waals surface area contributed by atoms with Crippen LogP contribution in [0.25, 0.3) is 0 Å². The molecule has 0 atom stereocenters. The predicted molar refractivity (Wildman–Crippen MR) is 72.0 cm³/mol. The molecule has 92 valence electrons. The van der Waals surface area contributed by atoms with Crippen LogP contribution >= 0.6 is 0 Å². The molecule has 0 saturated heterocycles. The van der Waals surface area contributed by atoms with Crippen molar-refractivity contribution in [3.63, 3.8) is 0 Å². The van der Waals surface area contributed by atoms with Crippen LogP contribution in [0.2, 0.25) is 0 Å². The average molecular weight is 240 g/mol. The van der Waals surface area contributed by atoms with Crippen LogP contribution in [0.5, 0.6) is 5.75 Å². The standard InChI is InChI=1S/C9H10O.C7H6O/c1-7-4-3-5-9(6-7)8(2)10;1-3-7-4-2-6(1)5-8-7/h3-6H,1-2H3;1-4H,5H2. The fourth-order valence-corrected chi connectivity index (χ4v) is 1.71. The Hall–Kier alpha value is -2.09. The van der Waals surface area contributed by atoms with E-state index < -0.39 is 0 Å². The van der Waals surface area contributed by atoms with Gasteiger partial charge in [-0.1, -0.05) is 35.9 Å². The molecule has 2 aromatic rings. The molecule has 2 bridgehead atoms. The molecule has 2 heteroatoms. The van der Waals surface area contributed by atoms with Crippen molar-refractivity contribution < 1.29 is 9.53 Å². The molecule has 0 saturated carbocycles. The molecule has 2 nitrogen and oxygen atoms in total. The molecule has 4 rings (SSSR count). The number of aryl methyl sites for hydroxylation is 1. The molecule has 2 aliphatic heterocycles. The van der Waals surface area contributed by atoms with Gasteiger partial charge in [0.15, 0.2) is 5.78 Å². The lowest BCUT2D eigenvalue weighted by Crippen LogP contribution is -2.00. The minimum Gasteiger partial charge on any atom is -0.489 e. The zero-order chi connectivity index (χ0) is 13.0. The average Bonchev–Trinajstić information content (AvgIpc) is 2.41. The maximum absolute atomic E-state index is 10.8. The van der Waals surface area contributed by atoms with Gasteiger partial charge in [0.25, 0.3) is 0 Å².